The molecule has 1 aromatic heterocycles. The van der Waals surface area contributed by atoms with Crippen molar-refractivity contribution >= 4 is 29.3 Å². The third-order valence-corrected chi connectivity index (χ3v) is 4.54. The van der Waals surface area contributed by atoms with E-state index in [1.165, 1.54) is 0 Å². The summed E-state index contributed by atoms with van der Waals surface area (Å²) in [6.45, 7) is 2.85. The van der Waals surface area contributed by atoms with Crippen LogP contribution in [0.1, 0.15) is 12.1 Å². The predicted molar refractivity (Wildman–Crippen MR) is 81.4 cm³/mol. The molecule has 2 atom stereocenters. The molecule has 5 nitrogen and oxygen atoms in total. The van der Waals surface area contributed by atoms with Gasteiger partial charge in [0.05, 0.1) is 6.42 Å². The molecule has 4 rings (SSSR count). The van der Waals surface area contributed by atoms with Crippen molar-refractivity contribution in [2.75, 3.05) is 19.6 Å². The van der Waals surface area contributed by atoms with Gasteiger partial charge in [-0.05, 0) is 24.5 Å². The van der Waals surface area contributed by atoms with E-state index in [2.05, 4.69) is 10.5 Å². The molecule has 21 heavy (non-hydrogen) atoms. The first-order valence-corrected chi connectivity index (χ1v) is 7.16. The highest BCUT2D eigenvalue weighted by atomic mass is 35.5. The fraction of sp³-hybridized carbons (Fsp3) is 0.467. The Labute approximate surface area is 129 Å². The normalized spacial score (nSPS) is 24.1. The topological polar surface area (TPSA) is 58.4 Å². The van der Waals surface area contributed by atoms with Gasteiger partial charge in [0.15, 0.2) is 5.58 Å². The van der Waals surface area contributed by atoms with Crippen molar-refractivity contribution in [3.05, 3.63) is 30.0 Å². The molecule has 112 valence electrons. The predicted octanol–water partition coefficient (Wildman–Crippen LogP) is 1.61. The highest BCUT2D eigenvalue weighted by Crippen LogP contribution is 2.28. The van der Waals surface area contributed by atoms with Crippen LogP contribution in [0.25, 0.3) is 11.0 Å². The molecule has 6 heteroatoms. The Morgan fingerprint density at radius 3 is 3.14 bits per heavy atom. The zero-order chi connectivity index (χ0) is 13.5. The summed E-state index contributed by atoms with van der Waals surface area (Å²) in [7, 11) is 0. The molecule has 0 spiro atoms. The van der Waals surface area contributed by atoms with Crippen LogP contribution in [0.3, 0.4) is 0 Å². The molecular formula is C15H18ClN3O2. The zero-order valence-corrected chi connectivity index (χ0v) is 12.4. The highest BCUT2D eigenvalue weighted by Gasteiger charge is 2.39. The Hall–Kier alpha value is -1.59. The van der Waals surface area contributed by atoms with E-state index in [1.54, 1.807) is 0 Å². The third-order valence-electron chi connectivity index (χ3n) is 4.54. The maximum atomic E-state index is 12.5. The second-order valence-corrected chi connectivity index (χ2v) is 5.66. The van der Waals surface area contributed by atoms with Gasteiger partial charge in [-0.1, -0.05) is 17.3 Å². The first-order valence-electron chi connectivity index (χ1n) is 7.16. The highest BCUT2D eigenvalue weighted by molar-refractivity contribution is 5.86. The molecule has 0 unspecified atom stereocenters. The summed E-state index contributed by atoms with van der Waals surface area (Å²) in [5.74, 6) is 0.799. The number of amides is 1. The van der Waals surface area contributed by atoms with Gasteiger partial charge in [-0.15, -0.1) is 12.4 Å². The van der Waals surface area contributed by atoms with E-state index in [0.717, 1.165) is 42.7 Å². The van der Waals surface area contributed by atoms with Crippen LogP contribution in [-0.2, 0) is 11.2 Å². The van der Waals surface area contributed by atoms with Gasteiger partial charge in [-0.2, -0.15) is 0 Å². The van der Waals surface area contributed by atoms with Crippen molar-refractivity contribution in [3.8, 4) is 0 Å². The SMILES string of the molecule is Cl.O=C(Cc1noc2ccccc12)N1CC[C@H]2CNC[C@H]21. The molecule has 1 N–H and O–H groups in total. The number of benzene rings is 1. The van der Waals surface area contributed by atoms with Gasteiger partial charge in [-0.25, -0.2) is 0 Å². The fourth-order valence-electron chi connectivity index (χ4n) is 3.47. The van der Waals surface area contributed by atoms with E-state index in [1.807, 2.05) is 29.2 Å². The van der Waals surface area contributed by atoms with Gasteiger partial charge >= 0.3 is 0 Å². The van der Waals surface area contributed by atoms with Crippen molar-refractivity contribution in [3.63, 3.8) is 0 Å². The van der Waals surface area contributed by atoms with Crippen molar-refractivity contribution < 1.29 is 9.32 Å². The van der Waals surface area contributed by atoms with Gasteiger partial charge in [-0.3, -0.25) is 4.79 Å². The number of carbonyl (C=O) groups is 1. The summed E-state index contributed by atoms with van der Waals surface area (Å²) in [6.07, 6.45) is 1.45. The van der Waals surface area contributed by atoms with Crippen LogP contribution >= 0.6 is 12.4 Å². The van der Waals surface area contributed by atoms with E-state index < -0.39 is 0 Å². The van der Waals surface area contributed by atoms with Crippen LogP contribution in [0.2, 0.25) is 0 Å². The number of fused-ring (bicyclic) bond motifs is 2. The molecule has 1 amide bonds. The molecule has 2 aliphatic rings. The standard InChI is InChI=1S/C15H17N3O2.ClH/c19-15(18-6-5-10-8-16-9-13(10)18)7-12-11-3-1-2-4-14(11)20-17-12;/h1-4,10,13,16H,5-9H2;1H/t10-,13+;/m0./s1. The molecule has 1 aromatic carbocycles. The second-order valence-electron chi connectivity index (χ2n) is 5.66. The van der Waals surface area contributed by atoms with Crippen molar-refractivity contribution in [2.45, 2.75) is 18.9 Å². The van der Waals surface area contributed by atoms with E-state index in [4.69, 9.17) is 4.52 Å². The summed E-state index contributed by atoms with van der Waals surface area (Å²) in [5.41, 5.74) is 1.50. The number of carbonyl (C=O) groups excluding carboxylic acids is 1. The van der Waals surface area contributed by atoms with Gasteiger partial charge in [0.1, 0.15) is 5.69 Å². The van der Waals surface area contributed by atoms with Crippen LogP contribution in [0.4, 0.5) is 0 Å². The minimum Gasteiger partial charge on any atom is -0.356 e. The Bertz CT molecular complexity index is 657. The molecule has 3 heterocycles. The molecule has 0 aliphatic carbocycles. The molecule has 2 aromatic rings. The molecule has 0 saturated carbocycles. The molecule has 2 aliphatic heterocycles. The first kappa shape index (κ1) is 14.4. The van der Waals surface area contributed by atoms with Crippen LogP contribution in [0, 0.1) is 5.92 Å². The van der Waals surface area contributed by atoms with E-state index >= 15 is 0 Å². The Morgan fingerprint density at radius 1 is 1.38 bits per heavy atom. The molecule has 0 radical (unpaired) electrons. The molecule has 0 bridgehead atoms. The smallest absolute Gasteiger partial charge is 0.229 e. The van der Waals surface area contributed by atoms with Crippen molar-refractivity contribution in [2.24, 2.45) is 5.92 Å². The average molecular weight is 308 g/mol. The lowest BCUT2D eigenvalue weighted by Crippen LogP contribution is -2.39. The molecule has 2 saturated heterocycles. The Balaban J connectivity index is 0.00000132. The van der Waals surface area contributed by atoms with E-state index in [9.17, 15) is 4.79 Å². The second kappa shape index (κ2) is 5.66. The largest absolute Gasteiger partial charge is 0.356 e. The zero-order valence-electron chi connectivity index (χ0n) is 11.6. The number of hydrogen-bond acceptors (Lipinski definition) is 4. The van der Waals surface area contributed by atoms with E-state index in [-0.39, 0.29) is 18.3 Å². The minimum atomic E-state index is 0. The minimum absolute atomic E-state index is 0. The fourth-order valence-corrected chi connectivity index (χ4v) is 3.47. The summed E-state index contributed by atoms with van der Waals surface area (Å²) in [5, 5.41) is 8.37. The van der Waals surface area contributed by atoms with Gasteiger partial charge < -0.3 is 14.7 Å². The summed E-state index contributed by atoms with van der Waals surface area (Å²) >= 11 is 0. The summed E-state index contributed by atoms with van der Waals surface area (Å²) < 4.78 is 5.27. The quantitative estimate of drug-likeness (QED) is 0.916. The van der Waals surface area contributed by atoms with Gasteiger partial charge in [0.25, 0.3) is 0 Å². The number of nitrogens with zero attached hydrogens (tertiary/aromatic N) is 2. The van der Waals surface area contributed by atoms with Gasteiger partial charge in [0, 0.05) is 31.1 Å². The van der Waals surface area contributed by atoms with Gasteiger partial charge in [0.2, 0.25) is 5.91 Å². The number of rotatable bonds is 2. The Kier molecular flexibility index (Phi) is 3.87. The number of para-hydroxylation sites is 1. The van der Waals surface area contributed by atoms with Crippen LogP contribution in [-0.4, -0.2) is 41.6 Å². The number of halogens is 1. The maximum absolute atomic E-state index is 12.5. The molecular weight excluding hydrogens is 290 g/mol. The Morgan fingerprint density at radius 2 is 2.24 bits per heavy atom. The van der Waals surface area contributed by atoms with Crippen LogP contribution in [0.15, 0.2) is 28.8 Å². The third kappa shape index (κ3) is 2.40. The van der Waals surface area contributed by atoms with Crippen LogP contribution in [0.5, 0.6) is 0 Å². The number of nitrogens with one attached hydrogen (secondary N) is 1. The van der Waals surface area contributed by atoms with Crippen molar-refractivity contribution in [1.29, 1.82) is 0 Å². The number of likely N-dealkylation sites (tertiary alicyclic amines) is 1. The average Bonchev–Trinajstić information content (AvgIpc) is 3.13. The number of hydrogen-bond donors (Lipinski definition) is 1. The van der Waals surface area contributed by atoms with Crippen molar-refractivity contribution in [1.82, 2.24) is 15.4 Å². The lowest BCUT2D eigenvalue weighted by Gasteiger charge is -2.23. The first-order chi connectivity index (χ1) is 9.83. The maximum Gasteiger partial charge on any atom is 0.229 e. The number of aromatic nitrogens is 1. The summed E-state index contributed by atoms with van der Waals surface area (Å²) in [4.78, 5) is 14.5. The lowest BCUT2D eigenvalue weighted by atomic mass is 10.0. The van der Waals surface area contributed by atoms with E-state index in [0.29, 0.717) is 18.4 Å². The summed E-state index contributed by atoms with van der Waals surface area (Å²) in [6, 6.07) is 8.07. The lowest BCUT2D eigenvalue weighted by molar-refractivity contribution is -0.131. The monoisotopic (exact) mass is 307 g/mol. The van der Waals surface area contributed by atoms with Crippen LogP contribution < -0.4 is 5.32 Å². The molecule has 2 fully saturated rings.